The standard InChI is InChI=1S/C18H22N2O3/c21-17(20-13-18(22)9-3-4-10-18)15-7-1-2-8-16(15)19-12-14-6-5-11-23-14/h1-2,5-8,11,19,22H,3-4,9-10,12-13H2,(H,20,21). The van der Waals surface area contributed by atoms with E-state index in [0.29, 0.717) is 18.7 Å². The molecule has 0 radical (unpaired) electrons. The van der Waals surface area contributed by atoms with Gasteiger partial charge in [0, 0.05) is 12.2 Å². The number of furan rings is 1. The number of hydrogen-bond donors (Lipinski definition) is 3. The molecule has 0 aliphatic heterocycles. The van der Waals surface area contributed by atoms with Crippen LogP contribution in [0.4, 0.5) is 5.69 Å². The van der Waals surface area contributed by atoms with Crippen LogP contribution in [0.15, 0.2) is 47.1 Å². The normalized spacial score (nSPS) is 16.2. The van der Waals surface area contributed by atoms with Gasteiger partial charge in [-0.05, 0) is 37.1 Å². The molecule has 1 aromatic heterocycles. The Hall–Kier alpha value is -2.27. The highest BCUT2D eigenvalue weighted by Gasteiger charge is 2.31. The highest BCUT2D eigenvalue weighted by Crippen LogP contribution is 2.28. The molecular formula is C18H22N2O3. The van der Waals surface area contributed by atoms with E-state index in [1.54, 1.807) is 12.3 Å². The van der Waals surface area contributed by atoms with Crippen molar-refractivity contribution in [1.82, 2.24) is 5.32 Å². The summed E-state index contributed by atoms with van der Waals surface area (Å²) in [6.07, 6.45) is 5.18. The number of carbonyl (C=O) groups excluding carboxylic acids is 1. The first-order valence-electron chi connectivity index (χ1n) is 8.02. The summed E-state index contributed by atoms with van der Waals surface area (Å²) in [6.45, 7) is 0.819. The fourth-order valence-electron chi connectivity index (χ4n) is 2.98. The van der Waals surface area contributed by atoms with E-state index in [2.05, 4.69) is 10.6 Å². The van der Waals surface area contributed by atoms with Gasteiger partial charge in [-0.15, -0.1) is 0 Å². The number of carbonyl (C=O) groups is 1. The van der Waals surface area contributed by atoms with Gasteiger partial charge in [0.1, 0.15) is 5.76 Å². The third-order valence-corrected chi connectivity index (χ3v) is 4.32. The molecule has 1 aliphatic carbocycles. The van der Waals surface area contributed by atoms with Crippen LogP contribution in [0.3, 0.4) is 0 Å². The second-order valence-electron chi connectivity index (χ2n) is 6.09. The topological polar surface area (TPSA) is 74.5 Å². The van der Waals surface area contributed by atoms with Crippen LogP contribution >= 0.6 is 0 Å². The molecule has 5 heteroatoms. The fourth-order valence-corrected chi connectivity index (χ4v) is 2.98. The van der Waals surface area contributed by atoms with Crippen LogP contribution in [0.1, 0.15) is 41.8 Å². The van der Waals surface area contributed by atoms with Crippen LogP contribution in [0.2, 0.25) is 0 Å². The number of hydrogen-bond acceptors (Lipinski definition) is 4. The monoisotopic (exact) mass is 314 g/mol. The lowest BCUT2D eigenvalue weighted by molar-refractivity contribution is 0.0450. The van der Waals surface area contributed by atoms with Gasteiger partial charge < -0.3 is 20.2 Å². The molecule has 2 aromatic rings. The van der Waals surface area contributed by atoms with E-state index in [-0.39, 0.29) is 5.91 Å². The summed E-state index contributed by atoms with van der Waals surface area (Å²) in [6, 6.07) is 11.1. The zero-order valence-electron chi connectivity index (χ0n) is 13.0. The van der Waals surface area contributed by atoms with Crippen molar-refractivity contribution >= 4 is 11.6 Å². The lowest BCUT2D eigenvalue weighted by Crippen LogP contribution is -2.40. The van der Waals surface area contributed by atoms with Crippen LogP contribution in [-0.2, 0) is 6.54 Å². The van der Waals surface area contributed by atoms with Gasteiger partial charge in [-0.2, -0.15) is 0 Å². The molecule has 1 aromatic carbocycles. The van der Waals surface area contributed by atoms with E-state index < -0.39 is 5.60 Å². The third kappa shape index (κ3) is 3.93. The zero-order chi connectivity index (χ0) is 16.1. The molecule has 0 saturated heterocycles. The first-order valence-corrected chi connectivity index (χ1v) is 8.02. The minimum atomic E-state index is -0.744. The molecule has 0 spiro atoms. The van der Waals surface area contributed by atoms with E-state index >= 15 is 0 Å². The van der Waals surface area contributed by atoms with Crippen molar-refractivity contribution in [3.05, 3.63) is 54.0 Å². The summed E-state index contributed by atoms with van der Waals surface area (Å²) in [7, 11) is 0. The number of amides is 1. The Morgan fingerprint density at radius 2 is 1.96 bits per heavy atom. The predicted octanol–water partition coefficient (Wildman–Crippen LogP) is 2.93. The van der Waals surface area contributed by atoms with Crippen molar-refractivity contribution in [3.8, 4) is 0 Å². The molecule has 5 nitrogen and oxygen atoms in total. The molecule has 3 N–H and O–H groups in total. The first kappa shape index (κ1) is 15.6. The lowest BCUT2D eigenvalue weighted by Gasteiger charge is -2.22. The van der Waals surface area contributed by atoms with Crippen LogP contribution in [0.5, 0.6) is 0 Å². The summed E-state index contributed by atoms with van der Waals surface area (Å²) in [5.74, 6) is 0.633. The number of nitrogens with one attached hydrogen (secondary N) is 2. The lowest BCUT2D eigenvalue weighted by atomic mass is 10.0. The van der Waals surface area contributed by atoms with E-state index in [4.69, 9.17) is 4.42 Å². The molecular weight excluding hydrogens is 292 g/mol. The Balaban J connectivity index is 1.63. The molecule has 3 rings (SSSR count). The van der Waals surface area contributed by atoms with Crippen molar-refractivity contribution in [1.29, 1.82) is 0 Å². The quantitative estimate of drug-likeness (QED) is 0.766. The summed E-state index contributed by atoms with van der Waals surface area (Å²) in [5.41, 5.74) is 0.576. The molecule has 1 aliphatic rings. The predicted molar refractivity (Wildman–Crippen MR) is 88.2 cm³/mol. The van der Waals surface area contributed by atoms with Crippen molar-refractivity contribution < 1.29 is 14.3 Å². The third-order valence-electron chi connectivity index (χ3n) is 4.32. The molecule has 122 valence electrons. The average molecular weight is 314 g/mol. The van der Waals surface area contributed by atoms with Crippen molar-refractivity contribution in [3.63, 3.8) is 0 Å². The molecule has 1 amide bonds. The van der Waals surface area contributed by atoms with E-state index in [0.717, 1.165) is 37.1 Å². The van der Waals surface area contributed by atoms with Gasteiger partial charge in [-0.25, -0.2) is 0 Å². The van der Waals surface area contributed by atoms with Crippen LogP contribution in [0, 0.1) is 0 Å². The fraction of sp³-hybridized carbons (Fsp3) is 0.389. The van der Waals surface area contributed by atoms with E-state index in [1.165, 1.54) is 0 Å². The maximum atomic E-state index is 12.4. The SMILES string of the molecule is O=C(NCC1(O)CCCC1)c1ccccc1NCc1ccco1. The second-order valence-corrected chi connectivity index (χ2v) is 6.09. The molecule has 23 heavy (non-hydrogen) atoms. The maximum absolute atomic E-state index is 12.4. The van der Waals surface area contributed by atoms with E-state index in [1.807, 2.05) is 30.3 Å². The largest absolute Gasteiger partial charge is 0.467 e. The number of benzene rings is 1. The minimum Gasteiger partial charge on any atom is -0.467 e. The number of para-hydroxylation sites is 1. The molecule has 0 unspecified atom stereocenters. The van der Waals surface area contributed by atoms with Gasteiger partial charge >= 0.3 is 0 Å². The average Bonchev–Trinajstić information content (AvgIpc) is 3.23. The van der Waals surface area contributed by atoms with Gasteiger partial charge in [0.15, 0.2) is 0 Å². The van der Waals surface area contributed by atoms with Gasteiger partial charge in [-0.1, -0.05) is 25.0 Å². The number of anilines is 1. The van der Waals surface area contributed by atoms with Gasteiger partial charge in [0.2, 0.25) is 0 Å². The highest BCUT2D eigenvalue weighted by molar-refractivity contribution is 5.99. The zero-order valence-corrected chi connectivity index (χ0v) is 13.0. The Labute approximate surface area is 135 Å². The molecule has 0 atom stereocenters. The van der Waals surface area contributed by atoms with Gasteiger partial charge in [-0.3, -0.25) is 4.79 Å². The maximum Gasteiger partial charge on any atom is 0.253 e. The molecule has 1 fully saturated rings. The Morgan fingerprint density at radius 3 is 2.70 bits per heavy atom. The summed E-state index contributed by atoms with van der Waals surface area (Å²) < 4.78 is 5.29. The Kier molecular flexibility index (Phi) is 4.67. The smallest absolute Gasteiger partial charge is 0.253 e. The number of rotatable bonds is 6. The van der Waals surface area contributed by atoms with E-state index in [9.17, 15) is 9.90 Å². The highest BCUT2D eigenvalue weighted by atomic mass is 16.3. The summed E-state index contributed by atoms with van der Waals surface area (Å²) in [4.78, 5) is 12.4. The van der Waals surface area contributed by atoms with Crippen molar-refractivity contribution in [2.45, 2.75) is 37.8 Å². The first-order chi connectivity index (χ1) is 11.2. The second kappa shape index (κ2) is 6.87. The van der Waals surface area contributed by atoms with Crippen molar-refractivity contribution in [2.75, 3.05) is 11.9 Å². The summed E-state index contributed by atoms with van der Waals surface area (Å²) in [5, 5.41) is 16.4. The summed E-state index contributed by atoms with van der Waals surface area (Å²) >= 11 is 0. The minimum absolute atomic E-state index is 0.173. The molecule has 1 heterocycles. The van der Waals surface area contributed by atoms with Crippen LogP contribution in [-0.4, -0.2) is 23.2 Å². The molecule has 0 bridgehead atoms. The Morgan fingerprint density at radius 1 is 1.17 bits per heavy atom. The van der Waals surface area contributed by atoms with Crippen molar-refractivity contribution in [2.24, 2.45) is 0 Å². The van der Waals surface area contributed by atoms with Crippen LogP contribution in [0.25, 0.3) is 0 Å². The van der Waals surface area contributed by atoms with Crippen LogP contribution < -0.4 is 10.6 Å². The molecule has 1 saturated carbocycles. The Bertz CT molecular complexity index is 646. The number of aliphatic hydroxyl groups is 1. The van der Waals surface area contributed by atoms with Gasteiger partial charge in [0.05, 0.1) is 24.0 Å². The van der Waals surface area contributed by atoms with Gasteiger partial charge in [0.25, 0.3) is 5.91 Å².